The Kier molecular flexibility index (Phi) is 6.68. The molecule has 0 saturated heterocycles. The Hall–Kier alpha value is -2.74. The Morgan fingerprint density at radius 2 is 1.67 bits per heavy atom. The predicted molar refractivity (Wildman–Crippen MR) is 104 cm³/mol. The molecule has 0 radical (unpaired) electrons. The highest BCUT2D eigenvalue weighted by molar-refractivity contribution is 7.92. The molecule has 2 N–H and O–H groups in total. The lowest BCUT2D eigenvalue weighted by molar-refractivity contribution is 0.0939. The van der Waals surface area contributed by atoms with Gasteiger partial charge in [-0.25, -0.2) is 8.42 Å². The average molecular weight is 392 g/mol. The van der Waals surface area contributed by atoms with Gasteiger partial charge < -0.3 is 14.8 Å². The van der Waals surface area contributed by atoms with Gasteiger partial charge in [-0.3, -0.25) is 9.52 Å². The van der Waals surface area contributed by atoms with Gasteiger partial charge in [-0.05, 0) is 49.7 Å². The maximum atomic E-state index is 12.6. The largest absolute Gasteiger partial charge is 0.493 e. The van der Waals surface area contributed by atoms with E-state index in [2.05, 4.69) is 10.0 Å². The molecule has 1 atom stereocenters. The van der Waals surface area contributed by atoms with E-state index < -0.39 is 10.0 Å². The summed E-state index contributed by atoms with van der Waals surface area (Å²) in [5, 5.41) is 2.86. The van der Waals surface area contributed by atoms with Crippen molar-refractivity contribution in [1.82, 2.24) is 5.32 Å². The number of carbonyl (C=O) groups excluding carboxylic acids is 1. The third kappa shape index (κ3) is 5.13. The highest BCUT2D eigenvalue weighted by Gasteiger charge is 2.17. The van der Waals surface area contributed by atoms with Crippen molar-refractivity contribution in [3.05, 3.63) is 48.0 Å². The Labute approximate surface area is 159 Å². The summed E-state index contributed by atoms with van der Waals surface area (Å²) in [7, 11) is -0.902. The molecule has 0 aliphatic heterocycles. The van der Waals surface area contributed by atoms with E-state index in [4.69, 9.17) is 9.47 Å². The van der Waals surface area contributed by atoms with E-state index >= 15 is 0 Å². The topological polar surface area (TPSA) is 93.7 Å². The molecule has 0 spiro atoms. The second-order valence-electron chi connectivity index (χ2n) is 5.98. The van der Waals surface area contributed by atoms with Gasteiger partial charge in [-0.1, -0.05) is 6.92 Å². The van der Waals surface area contributed by atoms with Crippen molar-refractivity contribution in [3.63, 3.8) is 0 Å². The number of hydrogen-bond acceptors (Lipinski definition) is 5. The van der Waals surface area contributed by atoms with Gasteiger partial charge in [-0.15, -0.1) is 0 Å². The fourth-order valence-corrected chi connectivity index (χ4v) is 3.37. The monoisotopic (exact) mass is 392 g/mol. The van der Waals surface area contributed by atoms with Crippen LogP contribution < -0.4 is 19.5 Å². The highest BCUT2D eigenvalue weighted by Crippen LogP contribution is 2.30. The van der Waals surface area contributed by atoms with Crippen molar-refractivity contribution >= 4 is 21.6 Å². The molecule has 0 bridgehead atoms. The van der Waals surface area contributed by atoms with Crippen molar-refractivity contribution in [2.24, 2.45) is 0 Å². The van der Waals surface area contributed by atoms with Crippen LogP contribution in [-0.2, 0) is 10.0 Å². The third-order valence-corrected chi connectivity index (χ3v) is 5.43. The van der Waals surface area contributed by atoms with E-state index in [-0.39, 0.29) is 16.8 Å². The number of hydrogen-bond donors (Lipinski definition) is 2. The maximum Gasteiger partial charge on any atom is 0.262 e. The van der Waals surface area contributed by atoms with E-state index in [1.807, 2.05) is 13.8 Å². The average Bonchev–Trinajstić information content (AvgIpc) is 2.67. The molecule has 7 nitrogen and oxygen atoms in total. The number of nitrogens with one attached hydrogen (secondary N) is 2. The number of anilines is 1. The van der Waals surface area contributed by atoms with Crippen LogP contribution in [0.2, 0.25) is 0 Å². The summed E-state index contributed by atoms with van der Waals surface area (Å²) in [6.45, 7) is 3.90. The fraction of sp³-hybridized carbons (Fsp3) is 0.316. The first-order chi connectivity index (χ1) is 12.8. The van der Waals surface area contributed by atoms with Gasteiger partial charge in [0.1, 0.15) is 0 Å². The summed E-state index contributed by atoms with van der Waals surface area (Å²) >= 11 is 0. The minimum atomic E-state index is -3.81. The zero-order chi connectivity index (χ0) is 20.0. The molecule has 27 heavy (non-hydrogen) atoms. The van der Waals surface area contributed by atoms with Gasteiger partial charge in [0.25, 0.3) is 15.9 Å². The molecule has 0 fully saturated rings. The molecule has 0 aliphatic rings. The van der Waals surface area contributed by atoms with Crippen LogP contribution in [0.3, 0.4) is 0 Å². The number of amides is 1. The molecule has 2 aromatic carbocycles. The molecule has 0 aliphatic carbocycles. The van der Waals surface area contributed by atoms with Gasteiger partial charge >= 0.3 is 0 Å². The summed E-state index contributed by atoms with van der Waals surface area (Å²) in [4.78, 5) is 12.1. The number of rotatable bonds is 8. The van der Waals surface area contributed by atoms with Gasteiger partial charge in [0.2, 0.25) is 0 Å². The van der Waals surface area contributed by atoms with Crippen molar-refractivity contribution in [3.8, 4) is 11.5 Å². The maximum absolute atomic E-state index is 12.6. The van der Waals surface area contributed by atoms with Gasteiger partial charge in [0.15, 0.2) is 11.5 Å². The molecular weight excluding hydrogens is 368 g/mol. The molecular formula is C19H24N2O5S. The summed E-state index contributed by atoms with van der Waals surface area (Å²) in [6, 6.07) is 10.6. The second-order valence-corrected chi connectivity index (χ2v) is 7.66. The van der Waals surface area contributed by atoms with Gasteiger partial charge in [-0.2, -0.15) is 0 Å². The number of methoxy groups -OCH3 is 2. The van der Waals surface area contributed by atoms with Gasteiger partial charge in [0, 0.05) is 23.4 Å². The molecule has 2 rings (SSSR count). The zero-order valence-electron chi connectivity index (χ0n) is 15.8. The summed E-state index contributed by atoms with van der Waals surface area (Å²) in [5.74, 6) is 0.559. The van der Waals surface area contributed by atoms with Crippen LogP contribution >= 0.6 is 0 Å². The van der Waals surface area contributed by atoms with Crippen LogP contribution in [0.15, 0.2) is 47.4 Å². The first-order valence-electron chi connectivity index (χ1n) is 8.46. The van der Waals surface area contributed by atoms with E-state index in [1.165, 1.54) is 32.4 Å². The molecule has 0 aromatic heterocycles. The second kappa shape index (κ2) is 8.77. The number of benzene rings is 2. The van der Waals surface area contributed by atoms with Crippen LogP contribution in [0.25, 0.3) is 0 Å². The van der Waals surface area contributed by atoms with Crippen LogP contribution in [0.5, 0.6) is 11.5 Å². The predicted octanol–water partition coefficient (Wildman–Crippen LogP) is 3.03. The molecule has 2 aromatic rings. The standard InChI is InChI=1S/C19H24N2O5S/c1-5-13(2)20-19(22)14-6-8-15(9-7-14)21-27(23,24)16-10-11-17(25-3)18(12-16)26-4/h6-13,21H,5H2,1-4H3,(H,20,22). The Bertz CT molecular complexity index is 895. The quantitative estimate of drug-likeness (QED) is 0.720. The minimum absolute atomic E-state index is 0.0405. The lowest BCUT2D eigenvalue weighted by atomic mass is 10.1. The van der Waals surface area contributed by atoms with E-state index in [9.17, 15) is 13.2 Å². The Morgan fingerprint density at radius 3 is 2.22 bits per heavy atom. The van der Waals surface area contributed by atoms with Crippen LogP contribution in [-0.4, -0.2) is 34.6 Å². The van der Waals surface area contributed by atoms with Crippen LogP contribution in [0.1, 0.15) is 30.6 Å². The van der Waals surface area contributed by atoms with Crippen LogP contribution in [0.4, 0.5) is 5.69 Å². The van der Waals surface area contributed by atoms with Crippen molar-refractivity contribution in [2.75, 3.05) is 18.9 Å². The highest BCUT2D eigenvalue weighted by atomic mass is 32.2. The van der Waals surface area contributed by atoms with Crippen molar-refractivity contribution in [2.45, 2.75) is 31.2 Å². The molecule has 1 unspecified atom stereocenters. The smallest absolute Gasteiger partial charge is 0.262 e. The first-order valence-corrected chi connectivity index (χ1v) is 9.94. The molecule has 0 heterocycles. The summed E-state index contributed by atoms with van der Waals surface area (Å²) in [6.07, 6.45) is 0.828. The molecule has 1 amide bonds. The molecule has 0 saturated carbocycles. The van der Waals surface area contributed by atoms with Crippen molar-refractivity contribution in [1.29, 1.82) is 0 Å². The first kappa shape index (κ1) is 20.6. The number of sulfonamides is 1. The van der Waals surface area contributed by atoms with Gasteiger partial charge in [0.05, 0.1) is 19.1 Å². The Balaban J connectivity index is 2.17. The normalized spacial score (nSPS) is 12.1. The SMILES string of the molecule is CCC(C)NC(=O)c1ccc(NS(=O)(=O)c2ccc(OC)c(OC)c2)cc1. The van der Waals surface area contributed by atoms with E-state index in [0.29, 0.717) is 22.7 Å². The van der Waals surface area contributed by atoms with E-state index in [0.717, 1.165) is 6.42 Å². The lowest BCUT2D eigenvalue weighted by Crippen LogP contribution is -2.31. The number of carbonyl (C=O) groups is 1. The van der Waals surface area contributed by atoms with Crippen LogP contribution in [0, 0.1) is 0 Å². The summed E-state index contributed by atoms with van der Waals surface area (Å²) in [5.41, 5.74) is 0.814. The number of ether oxygens (including phenoxy) is 2. The molecule has 8 heteroatoms. The minimum Gasteiger partial charge on any atom is -0.493 e. The summed E-state index contributed by atoms with van der Waals surface area (Å²) < 4.78 is 37.9. The zero-order valence-corrected chi connectivity index (χ0v) is 16.6. The van der Waals surface area contributed by atoms with E-state index in [1.54, 1.807) is 24.3 Å². The third-order valence-electron chi connectivity index (χ3n) is 4.05. The Morgan fingerprint density at radius 1 is 1.04 bits per heavy atom. The van der Waals surface area contributed by atoms with Crippen molar-refractivity contribution < 1.29 is 22.7 Å². The molecule has 146 valence electrons. The lowest BCUT2D eigenvalue weighted by Gasteiger charge is -2.13. The fourth-order valence-electron chi connectivity index (χ4n) is 2.30.